The van der Waals surface area contributed by atoms with Gasteiger partial charge in [0.15, 0.2) is 17.7 Å². The number of ether oxygens (including phenoxy) is 2. The fraction of sp³-hybridized carbons (Fsp3) is 0.500. The van der Waals surface area contributed by atoms with E-state index in [9.17, 15) is 9.18 Å². The summed E-state index contributed by atoms with van der Waals surface area (Å²) < 4.78 is 24.2. The molecule has 0 aliphatic heterocycles. The first-order valence-corrected chi connectivity index (χ1v) is 6.39. The molecule has 0 amide bonds. The van der Waals surface area contributed by atoms with Crippen molar-refractivity contribution in [3.05, 3.63) is 29.6 Å². The summed E-state index contributed by atoms with van der Waals surface area (Å²) >= 11 is 0. The number of carbonyl (C=O) groups excluding carboxylic acids is 1. The van der Waals surface area contributed by atoms with E-state index in [0.717, 1.165) is 0 Å². The Balaban J connectivity index is 2.92. The minimum absolute atomic E-state index is 0.108. The van der Waals surface area contributed by atoms with E-state index in [2.05, 4.69) is 5.32 Å². The highest BCUT2D eigenvalue weighted by molar-refractivity contribution is 5.75. The van der Waals surface area contributed by atoms with Gasteiger partial charge < -0.3 is 14.8 Å². The van der Waals surface area contributed by atoms with Gasteiger partial charge in [0.2, 0.25) is 0 Å². The van der Waals surface area contributed by atoms with Gasteiger partial charge in [-0.3, -0.25) is 0 Å². The van der Waals surface area contributed by atoms with E-state index in [1.165, 1.54) is 6.07 Å². The van der Waals surface area contributed by atoms with Crippen molar-refractivity contribution in [2.45, 2.75) is 32.9 Å². The highest BCUT2D eigenvalue weighted by Crippen LogP contribution is 2.24. The van der Waals surface area contributed by atoms with Crippen LogP contribution in [0.5, 0.6) is 5.75 Å². The maximum Gasteiger partial charge on any atom is 0.347 e. The Kier molecular flexibility index (Phi) is 6.29. The lowest BCUT2D eigenvalue weighted by Gasteiger charge is -2.18. The molecule has 0 aliphatic carbocycles. The molecule has 0 bridgehead atoms. The average Bonchev–Trinajstić information content (AvgIpc) is 2.39. The molecular formula is C14H20FNO3. The Hall–Kier alpha value is -1.62. The predicted molar refractivity (Wildman–Crippen MR) is 70.5 cm³/mol. The predicted octanol–water partition coefficient (Wildman–Crippen LogP) is 2.27. The fourth-order valence-corrected chi connectivity index (χ4v) is 1.69. The van der Waals surface area contributed by atoms with Crippen LogP contribution in [0.15, 0.2) is 18.2 Å². The van der Waals surface area contributed by atoms with E-state index >= 15 is 0 Å². The van der Waals surface area contributed by atoms with Gasteiger partial charge in [-0.25, -0.2) is 9.18 Å². The summed E-state index contributed by atoms with van der Waals surface area (Å²) in [6, 6.07) is 4.68. The first-order chi connectivity index (χ1) is 9.13. The van der Waals surface area contributed by atoms with Crippen molar-refractivity contribution in [3.63, 3.8) is 0 Å². The molecule has 0 saturated heterocycles. The van der Waals surface area contributed by atoms with E-state index in [0.29, 0.717) is 18.5 Å². The maximum absolute atomic E-state index is 13.8. The molecule has 1 rings (SSSR count). The Morgan fingerprint density at radius 1 is 1.42 bits per heavy atom. The monoisotopic (exact) mass is 269 g/mol. The topological polar surface area (TPSA) is 47.6 Å². The summed E-state index contributed by atoms with van der Waals surface area (Å²) in [4.78, 5) is 11.7. The largest absolute Gasteiger partial charge is 0.475 e. The Morgan fingerprint density at radius 3 is 2.74 bits per heavy atom. The molecule has 1 aromatic rings. The zero-order valence-electron chi connectivity index (χ0n) is 11.5. The van der Waals surface area contributed by atoms with E-state index in [-0.39, 0.29) is 12.4 Å². The van der Waals surface area contributed by atoms with Crippen LogP contribution in [0.4, 0.5) is 4.39 Å². The van der Waals surface area contributed by atoms with Crippen LogP contribution in [-0.4, -0.2) is 25.7 Å². The molecule has 0 radical (unpaired) electrons. The number of hydrogen-bond donors (Lipinski definition) is 1. The number of halogens is 1. The summed E-state index contributed by atoms with van der Waals surface area (Å²) in [6.07, 6.45) is -0.362. The van der Waals surface area contributed by atoms with Crippen LogP contribution in [-0.2, 0) is 16.1 Å². The number of rotatable bonds is 7. The Morgan fingerprint density at radius 2 is 2.16 bits per heavy atom. The number of nitrogens with one attached hydrogen (secondary N) is 1. The molecular weight excluding hydrogens is 249 g/mol. The lowest BCUT2D eigenvalue weighted by atomic mass is 10.2. The van der Waals surface area contributed by atoms with Gasteiger partial charge >= 0.3 is 5.97 Å². The molecule has 1 aromatic carbocycles. The van der Waals surface area contributed by atoms with Crippen molar-refractivity contribution in [1.82, 2.24) is 5.32 Å². The zero-order valence-corrected chi connectivity index (χ0v) is 11.5. The van der Waals surface area contributed by atoms with Crippen molar-refractivity contribution >= 4 is 5.97 Å². The van der Waals surface area contributed by atoms with Crippen LogP contribution in [0.25, 0.3) is 0 Å². The number of para-hydroxylation sites is 1. The minimum Gasteiger partial charge on any atom is -0.475 e. The number of benzene rings is 1. The van der Waals surface area contributed by atoms with Gasteiger partial charge in [0.1, 0.15) is 0 Å². The molecule has 0 heterocycles. The van der Waals surface area contributed by atoms with E-state index in [1.54, 1.807) is 33.0 Å². The fourth-order valence-electron chi connectivity index (χ4n) is 1.69. The summed E-state index contributed by atoms with van der Waals surface area (Å²) in [5.41, 5.74) is 0.672. The van der Waals surface area contributed by atoms with Gasteiger partial charge in [-0.15, -0.1) is 0 Å². The first-order valence-electron chi connectivity index (χ1n) is 6.39. The van der Waals surface area contributed by atoms with Crippen LogP contribution in [0, 0.1) is 5.82 Å². The second kappa shape index (κ2) is 7.74. The van der Waals surface area contributed by atoms with Crippen molar-refractivity contribution in [2.24, 2.45) is 0 Å². The molecule has 0 fully saturated rings. The molecule has 5 heteroatoms. The molecule has 19 heavy (non-hydrogen) atoms. The van der Waals surface area contributed by atoms with Gasteiger partial charge in [0.25, 0.3) is 0 Å². The maximum atomic E-state index is 13.8. The third-order valence-corrected chi connectivity index (χ3v) is 2.60. The minimum atomic E-state index is -0.785. The molecule has 1 unspecified atom stereocenters. The highest BCUT2D eigenvalue weighted by Gasteiger charge is 2.22. The standard InChI is InChI=1S/C14H20FNO3/c1-4-12(14(17)18-5-2)19-13-10(9-16-3)7-6-8-11(13)15/h6-8,12,16H,4-5,9H2,1-3H3. The van der Waals surface area contributed by atoms with Crippen LogP contribution in [0.3, 0.4) is 0 Å². The summed E-state index contributed by atoms with van der Waals surface area (Å²) in [5, 5.41) is 2.93. The quantitative estimate of drug-likeness (QED) is 0.771. The zero-order chi connectivity index (χ0) is 14.3. The molecule has 0 aromatic heterocycles. The number of hydrogen-bond acceptors (Lipinski definition) is 4. The van der Waals surface area contributed by atoms with Crippen molar-refractivity contribution in [1.29, 1.82) is 0 Å². The lowest BCUT2D eigenvalue weighted by molar-refractivity contribution is -0.151. The lowest BCUT2D eigenvalue weighted by Crippen LogP contribution is -2.29. The van der Waals surface area contributed by atoms with Crippen molar-refractivity contribution in [2.75, 3.05) is 13.7 Å². The molecule has 0 saturated carbocycles. The van der Waals surface area contributed by atoms with Gasteiger partial charge in [0.05, 0.1) is 6.61 Å². The number of carbonyl (C=O) groups is 1. The van der Waals surface area contributed by atoms with Crippen molar-refractivity contribution < 1.29 is 18.7 Å². The molecule has 4 nitrogen and oxygen atoms in total. The molecule has 106 valence electrons. The molecule has 0 spiro atoms. The summed E-state index contributed by atoms with van der Waals surface area (Å²) in [5.74, 6) is -0.837. The third kappa shape index (κ3) is 4.21. The summed E-state index contributed by atoms with van der Waals surface area (Å²) in [6.45, 7) is 4.26. The van der Waals surface area contributed by atoms with Crippen LogP contribution in [0.1, 0.15) is 25.8 Å². The van der Waals surface area contributed by atoms with Gasteiger partial charge in [0, 0.05) is 12.1 Å². The van der Waals surface area contributed by atoms with Crippen LogP contribution >= 0.6 is 0 Å². The van der Waals surface area contributed by atoms with Crippen LogP contribution < -0.4 is 10.1 Å². The van der Waals surface area contributed by atoms with E-state index in [4.69, 9.17) is 9.47 Å². The Bertz CT molecular complexity index is 423. The van der Waals surface area contributed by atoms with Gasteiger partial charge in [-0.05, 0) is 26.5 Å². The van der Waals surface area contributed by atoms with Crippen molar-refractivity contribution in [3.8, 4) is 5.75 Å². The summed E-state index contributed by atoms with van der Waals surface area (Å²) in [7, 11) is 1.76. The Labute approximate surface area is 112 Å². The van der Waals surface area contributed by atoms with Gasteiger partial charge in [-0.1, -0.05) is 19.1 Å². The van der Waals surface area contributed by atoms with E-state index in [1.807, 2.05) is 0 Å². The SMILES string of the molecule is CCOC(=O)C(CC)Oc1c(F)cccc1CNC. The van der Waals surface area contributed by atoms with E-state index < -0.39 is 17.9 Å². The molecule has 0 aliphatic rings. The second-order valence-corrected chi connectivity index (χ2v) is 4.03. The smallest absolute Gasteiger partial charge is 0.347 e. The third-order valence-electron chi connectivity index (χ3n) is 2.60. The molecule has 1 N–H and O–H groups in total. The van der Waals surface area contributed by atoms with Crippen LogP contribution in [0.2, 0.25) is 0 Å². The second-order valence-electron chi connectivity index (χ2n) is 4.03. The van der Waals surface area contributed by atoms with Gasteiger partial charge in [-0.2, -0.15) is 0 Å². The highest BCUT2D eigenvalue weighted by atomic mass is 19.1. The molecule has 1 atom stereocenters. The average molecular weight is 269 g/mol. The number of esters is 1. The first kappa shape index (κ1) is 15.4. The normalized spacial score (nSPS) is 12.0.